The first-order valence-electron chi connectivity index (χ1n) is 5.56. The van der Waals surface area contributed by atoms with Crippen LogP contribution in [0.1, 0.15) is 23.8 Å². The van der Waals surface area contributed by atoms with Crippen LogP contribution in [-0.2, 0) is 0 Å². The summed E-state index contributed by atoms with van der Waals surface area (Å²) in [5.41, 5.74) is 5.96. The SMILES string of the molecule is NC1=NCC(c2ccc(Br)s2)N1CC1CC1. The van der Waals surface area contributed by atoms with Crippen molar-refractivity contribution >= 4 is 33.2 Å². The second-order valence-electron chi connectivity index (χ2n) is 4.45. The fourth-order valence-electron chi connectivity index (χ4n) is 2.08. The molecule has 1 unspecified atom stereocenters. The lowest BCUT2D eigenvalue weighted by Crippen LogP contribution is -2.37. The molecule has 2 heterocycles. The maximum Gasteiger partial charge on any atom is 0.191 e. The third-order valence-electron chi connectivity index (χ3n) is 3.17. The summed E-state index contributed by atoms with van der Waals surface area (Å²) in [6, 6.07) is 4.65. The molecule has 1 atom stereocenters. The molecule has 0 radical (unpaired) electrons. The Morgan fingerprint density at radius 3 is 2.94 bits per heavy atom. The second-order valence-corrected chi connectivity index (χ2v) is 6.95. The highest BCUT2D eigenvalue weighted by atomic mass is 79.9. The van der Waals surface area contributed by atoms with Crippen molar-refractivity contribution in [2.24, 2.45) is 16.6 Å². The second kappa shape index (κ2) is 4.04. The van der Waals surface area contributed by atoms with Crippen LogP contribution in [0, 0.1) is 5.92 Å². The zero-order valence-electron chi connectivity index (χ0n) is 8.90. The number of aliphatic imine (C=N–C) groups is 1. The summed E-state index contributed by atoms with van der Waals surface area (Å²) < 4.78 is 1.18. The van der Waals surface area contributed by atoms with E-state index in [1.807, 2.05) is 0 Å². The molecule has 1 aromatic heterocycles. The molecule has 0 saturated heterocycles. The standard InChI is InChI=1S/C11H14BrN3S/c12-10-4-3-9(16-10)8-5-14-11(13)15(8)6-7-1-2-7/h3-4,7-8H,1-2,5-6H2,(H2,13,14). The molecule has 3 rings (SSSR count). The van der Waals surface area contributed by atoms with Crippen LogP contribution in [-0.4, -0.2) is 23.9 Å². The van der Waals surface area contributed by atoms with Gasteiger partial charge >= 0.3 is 0 Å². The average Bonchev–Trinajstić information content (AvgIpc) is 2.87. The maximum atomic E-state index is 5.96. The summed E-state index contributed by atoms with van der Waals surface area (Å²) in [7, 11) is 0. The van der Waals surface area contributed by atoms with E-state index in [2.05, 4.69) is 38.0 Å². The molecule has 2 N–H and O–H groups in total. The Labute approximate surface area is 107 Å². The highest BCUT2D eigenvalue weighted by molar-refractivity contribution is 9.11. The van der Waals surface area contributed by atoms with Crippen molar-refractivity contribution in [2.45, 2.75) is 18.9 Å². The molecule has 0 bridgehead atoms. The monoisotopic (exact) mass is 299 g/mol. The molecular formula is C11H14BrN3S. The van der Waals surface area contributed by atoms with Crippen molar-refractivity contribution in [3.63, 3.8) is 0 Å². The third kappa shape index (κ3) is 1.98. The quantitative estimate of drug-likeness (QED) is 0.932. The Balaban J connectivity index is 1.79. The summed E-state index contributed by atoms with van der Waals surface area (Å²) >= 11 is 5.29. The van der Waals surface area contributed by atoms with Crippen molar-refractivity contribution < 1.29 is 0 Å². The molecule has 16 heavy (non-hydrogen) atoms. The molecule has 2 aliphatic rings. The van der Waals surface area contributed by atoms with Crippen LogP contribution in [0.2, 0.25) is 0 Å². The topological polar surface area (TPSA) is 41.6 Å². The molecule has 0 aromatic carbocycles. The van der Waals surface area contributed by atoms with E-state index >= 15 is 0 Å². The van der Waals surface area contributed by atoms with Gasteiger partial charge in [-0.1, -0.05) is 0 Å². The van der Waals surface area contributed by atoms with Gasteiger partial charge in [-0.2, -0.15) is 0 Å². The number of halogens is 1. The van der Waals surface area contributed by atoms with Gasteiger partial charge in [0.15, 0.2) is 5.96 Å². The Morgan fingerprint density at radius 1 is 1.50 bits per heavy atom. The van der Waals surface area contributed by atoms with Gasteiger partial charge in [0.2, 0.25) is 0 Å². The molecule has 0 spiro atoms. The Hall–Kier alpha value is -0.550. The molecule has 5 heteroatoms. The van der Waals surface area contributed by atoms with Crippen LogP contribution in [0.25, 0.3) is 0 Å². The van der Waals surface area contributed by atoms with E-state index in [4.69, 9.17) is 5.73 Å². The van der Waals surface area contributed by atoms with Crippen LogP contribution in [0.4, 0.5) is 0 Å². The van der Waals surface area contributed by atoms with E-state index in [-0.39, 0.29) is 0 Å². The maximum absolute atomic E-state index is 5.96. The minimum absolute atomic E-state index is 0.372. The molecule has 86 valence electrons. The molecule has 1 aliphatic heterocycles. The fourth-order valence-corrected chi connectivity index (χ4v) is 3.61. The average molecular weight is 300 g/mol. The molecule has 1 saturated carbocycles. The minimum Gasteiger partial charge on any atom is -0.370 e. The van der Waals surface area contributed by atoms with E-state index in [9.17, 15) is 0 Å². The van der Waals surface area contributed by atoms with Gasteiger partial charge in [-0.25, -0.2) is 0 Å². The van der Waals surface area contributed by atoms with Crippen molar-refractivity contribution in [3.8, 4) is 0 Å². The van der Waals surface area contributed by atoms with Crippen LogP contribution in [0.3, 0.4) is 0 Å². The number of hydrogen-bond donors (Lipinski definition) is 1. The summed E-state index contributed by atoms with van der Waals surface area (Å²) in [5, 5.41) is 0. The number of rotatable bonds is 3. The van der Waals surface area contributed by atoms with Crippen molar-refractivity contribution in [1.82, 2.24) is 4.90 Å². The van der Waals surface area contributed by atoms with Gasteiger partial charge in [-0.3, -0.25) is 4.99 Å². The highest BCUT2D eigenvalue weighted by Crippen LogP contribution is 2.37. The molecule has 1 aromatic rings. The van der Waals surface area contributed by atoms with Gasteiger partial charge in [-0.15, -0.1) is 11.3 Å². The van der Waals surface area contributed by atoms with E-state index < -0.39 is 0 Å². The lowest BCUT2D eigenvalue weighted by molar-refractivity contribution is 0.338. The summed E-state index contributed by atoms with van der Waals surface area (Å²) in [5.74, 6) is 1.57. The fraction of sp³-hybridized carbons (Fsp3) is 0.545. The number of thiophene rings is 1. The molecule has 0 amide bonds. The number of nitrogens with zero attached hydrogens (tertiary/aromatic N) is 2. The molecule has 1 aliphatic carbocycles. The predicted molar refractivity (Wildman–Crippen MR) is 70.7 cm³/mol. The smallest absolute Gasteiger partial charge is 0.191 e. The molecule has 1 fully saturated rings. The van der Waals surface area contributed by atoms with Crippen LogP contribution in [0.15, 0.2) is 20.9 Å². The van der Waals surface area contributed by atoms with Crippen molar-refractivity contribution in [3.05, 3.63) is 20.8 Å². The number of guanidine groups is 1. The zero-order valence-corrected chi connectivity index (χ0v) is 11.3. The summed E-state index contributed by atoms with van der Waals surface area (Å²) in [6.45, 7) is 1.89. The first kappa shape index (κ1) is 10.6. The predicted octanol–water partition coefficient (Wildman–Crippen LogP) is 2.59. The van der Waals surface area contributed by atoms with E-state index in [0.717, 1.165) is 25.0 Å². The normalized spacial score (nSPS) is 24.9. The Morgan fingerprint density at radius 2 is 2.31 bits per heavy atom. The first-order chi connectivity index (χ1) is 7.74. The summed E-state index contributed by atoms with van der Waals surface area (Å²) in [6.07, 6.45) is 2.70. The van der Waals surface area contributed by atoms with Crippen molar-refractivity contribution in [1.29, 1.82) is 0 Å². The first-order valence-corrected chi connectivity index (χ1v) is 7.17. The lowest BCUT2D eigenvalue weighted by atomic mass is 10.2. The minimum atomic E-state index is 0.372. The number of hydrogen-bond acceptors (Lipinski definition) is 4. The van der Waals surface area contributed by atoms with Gasteiger partial charge in [-0.05, 0) is 46.8 Å². The number of nitrogens with two attached hydrogens (primary N) is 1. The molecular weight excluding hydrogens is 286 g/mol. The van der Waals surface area contributed by atoms with E-state index in [1.54, 1.807) is 11.3 Å². The van der Waals surface area contributed by atoms with Crippen LogP contribution in [0.5, 0.6) is 0 Å². The van der Waals surface area contributed by atoms with Gasteiger partial charge in [0, 0.05) is 11.4 Å². The van der Waals surface area contributed by atoms with Gasteiger partial charge in [0.25, 0.3) is 0 Å². The van der Waals surface area contributed by atoms with Gasteiger partial charge in [0.1, 0.15) is 0 Å². The Bertz CT molecular complexity index is 425. The van der Waals surface area contributed by atoms with Crippen LogP contribution < -0.4 is 5.73 Å². The zero-order chi connectivity index (χ0) is 11.1. The lowest BCUT2D eigenvalue weighted by Gasteiger charge is -2.25. The van der Waals surface area contributed by atoms with Gasteiger partial charge < -0.3 is 10.6 Å². The Kier molecular flexibility index (Phi) is 2.67. The van der Waals surface area contributed by atoms with E-state index in [0.29, 0.717) is 6.04 Å². The summed E-state index contributed by atoms with van der Waals surface area (Å²) in [4.78, 5) is 8.01. The van der Waals surface area contributed by atoms with Crippen LogP contribution >= 0.6 is 27.3 Å². The highest BCUT2D eigenvalue weighted by Gasteiger charge is 2.33. The molecule has 3 nitrogen and oxygen atoms in total. The third-order valence-corrected chi connectivity index (χ3v) is 4.90. The van der Waals surface area contributed by atoms with Crippen molar-refractivity contribution in [2.75, 3.05) is 13.1 Å². The van der Waals surface area contributed by atoms with E-state index in [1.165, 1.54) is 21.5 Å². The largest absolute Gasteiger partial charge is 0.370 e. The van der Waals surface area contributed by atoms with Gasteiger partial charge in [0.05, 0.1) is 16.4 Å².